The molecule has 28 nitrogen and oxygen atoms in total. The maximum absolute atomic E-state index is 12.1. The second kappa shape index (κ2) is 35.9. The van der Waals surface area contributed by atoms with Gasteiger partial charge in [0.1, 0.15) is 24.4 Å². The zero-order valence-electron chi connectivity index (χ0n) is 58.9. The van der Waals surface area contributed by atoms with E-state index in [4.69, 9.17) is 52.1 Å². The molecule has 4 bridgehead atoms. The van der Waals surface area contributed by atoms with E-state index < -0.39 is 102 Å². The normalized spacial score (nSPS) is 28.8. The molecule has 6 aliphatic heterocycles. The van der Waals surface area contributed by atoms with Crippen LogP contribution in [0.3, 0.4) is 0 Å². The topological polar surface area (TPSA) is 368 Å². The molecule has 0 N–H and O–H groups in total. The van der Waals surface area contributed by atoms with Gasteiger partial charge in [0.2, 0.25) is 24.4 Å². The number of carbonyl (C=O) groups excluding carboxylic acids is 14. The molecule has 0 radical (unpaired) electrons. The molecular formula is C69H102O28. The Labute approximate surface area is 566 Å². The summed E-state index contributed by atoms with van der Waals surface area (Å²) in [5.41, 5.74) is -1.61. The lowest BCUT2D eigenvalue weighted by molar-refractivity contribution is -0.170. The summed E-state index contributed by atoms with van der Waals surface area (Å²) in [5.74, 6) is -4.47. The summed E-state index contributed by atoms with van der Waals surface area (Å²) >= 11 is 0. The Morgan fingerprint density at radius 2 is 0.711 bits per heavy atom. The summed E-state index contributed by atoms with van der Waals surface area (Å²) in [6.07, 6.45) is 5.73. The molecule has 0 aromatic heterocycles. The Kier molecular flexibility index (Phi) is 29.7. The zero-order chi connectivity index (χ0) is 72.4. The van der Waals surface area contributed by atoms with Crippen molar-refractivity contribution in [2.75, 3.05) is 39.6 Å². The van der Waals surface area contributed by atoms with Crippen molar-refractivity contribution in [3.8, 4) is 0 Å². The highest BCUT2D eigenvalue weighted by molar-refractivity contribution is 5.85. The predicted molar refractivity (Wildman–Crippen MR) is 333 cm³/mol. The number of hydrogen-bond acceptors (Lipinski definition) is 28. The standard InChI is InChI=1S/C14H20O4.C13H18O4.C12H18O6.C11H16O6.C10H16O4.C9H14O4/c1-4-14(2,3)13(16)18-10-7-5-8-9(6-7)12(15)17-11(8)10;1-3-6(2)12(14)16-10-7-4-8-9(5-7)13(15)17-11(8)10;1-4-12(2,3)11(15)17-7-9(13)18-8-5-6-16-10(8)14;1-3-7(2)10(13)16-6-9(12)17-8-4-5-15-11(8)14;1-4-10(2,3)9(12)14-7-5-6-13-8(7)11;1-3-6(2)8(10)13-7-4-5-12-9(7)11/h7-11H,4-6H2,1-3H3;6-11H,3-5H2,1-2H3;8H,4-7H2,1-3H3;7-8H,3-6H2,1-2H3;7H,4-6H2,1-3H3;6-7H,3-5H2,1-2H3. The van der Waals surface area contributed by atoms with E-state index >= 15 is 0 Å². The van der Waals surface area contributed by atoms with Crippen molar-refractivity contribution in [3.63, 3.8) is 0 Å². The van der Waals surface area contributed by atoms with E-state index in [0.717, 1.165) is 44.9 Å². The molecule has 10 fully saturated rings. The van der Waals surface area contributed by atoms with E-state index in [9.17, 15) is 67.1 Å². The summed E-state index contributed by atoms with van der Waals surface area (Å²) < 4.78 is 69.8. The molecule has 0 amide bonds. The van der Waals surface area contributed by atoms with Gasteiger partial charge in [0.15, 0.2) is 13.2 Å². The van der Waals surface area contributed by atoms with Crippen LogP contribution in [0.1, 0.15) is 194 Å². The van der Waals surface area contributed by atoms with E-state index in [1.165, 1.54) is 0 Å². The van der Waals surface area contributed by atoms with Crippen molar-refractivity contribution in [2.45, 2.75) is 243 Å². The molecule has 10 aliphatic rings. The summed E-state index contributed by atoms with van der Waals surface area (Å²) in [4.78, 5) is 159. The molecular weight excluding hydrogens is 1280 g/mol. The number of hydrogen-bond donors (Lipinski definition) is 0. The van der Waals surface area contributed by atoms with Crippen LogP contribution in [0, 0.1) is 69.5 Å². The smallest absolute Gasteiger partial charge is 0.347 e. The number of rotatable bonds is 22. The molecule has 17 atom stereocenters. The minimum atomic E-state index is -0.865. The molecule has 4 aliphatic carbocycles. The van der Waals surface area contributed by atoms with Gasteiger partial charge in [-0.05, 0) is 106 Å². The number of carbonyl (C=O) groups is 14. The SMILES string of the molecule is CCC(C)(C)C(=O)OC1C2CC3C(=O)OC1C3C2.CCC(C)(C)C(=O)OC1CCOC1=O.CCC(C)(C)C(=O)OCC(=O)OC1CCOC1=O.CCC(C)C(=O)OC1C2CC3C(=O)OC1C3C2.CCC(C)C(=O)OC1CCOC1=O.CCC(C)C(=O)OCC(=O)OC1CCOC1=O. The molecule has 97 heavy (non-hydrogen) atoms. The Morgan fingerprint density at radius 3 is 1.07 bits per heavy atom. The second-order valence-electron chi connectivity index (χ2n) is 28.0. The van der Waals surface area contributed by atoms with E-state index in [0.29, 0.717) is 81.8 Å². The minimum Gasteiger partial charge on any atom is -0.463 e. The maximum atomic E-state index is 12.1. The quantitative estimate of drug-likeness (QED) is 0.0787. The molecule has 17 unspecified atom stereocenters. The van der Waals surface area contributed by atoms with Gasteiger partial charge < -0.3 is 66.3 Å². The van der Waals surface area contributed by atoms with Gasteiger partial charge in [-0.15, -0.1) is 0 Å². The molecule has 4 saturated carbocycles. The molecule has 28 heteroatoms. The van der Waals surface area contributed by atoms with Gasteiger partial charge in [-0.1, -0.05) is 62.3 Å². The molecule has 546 valence electrons. The highest BCUT2D eigenvalue weighted by Crippen LogP contribution is 2.57. The Bertz CT molecular complexity index is 2840. The van der Waals surface area contributed by atoms with E-state index in [1.807, 2.05) is 62.3 Å². The van der Waals surface area contributed by atoms with E-state index in [-0.39, 0.29) is 103 Å². The van der Waals surface area contributed by atoms with Crippen LogP contribution in [0.15, 0.2) is 0 Å². The summed E-state index contributed by atoms with van der Waals surface area (Å²) in [5, 5.41) is 0. The number of ether oxygens (including phenoxy) is 14. The first-order valence-corrected chi connectivity index (χ1v) is 34.2. The molecule has 6 heterocycles. The fraction of sp³-hybridized carbons (Fsp3) is 0.797. The first-order valence-electron chi connectivity index (χ1n) is 34.2. The average Bonchev–Trinajstić information content (AvgIpc) is 1.58. The summed E-state index contributed by atoms with van der Waals surface area (Å²) in [7, 11) is 0. The van der Waals surface area contributed by atoms with Crippen LogP contribution in [-0.2, 0) is 133 Å². The van der Waals surface area contributed by atoms with E-state index in [2.05, 4.69) is 14.2 Å². The summed E-state index contributed by atoms with van der Waals surface area (Å²) in [6, 6.07) is 0. The number of cyclic esters (lactones) is 4. The van der Waals surface area contributed by atoms with Crippen LogP contribution in [0.2, 0.25) is 0 Å². The largest absolute Gasteiger partial charge is 0.463 e. The predicted octanol–water partition coefficient (Wildman–Crippen LogP) is 6.87. The van der Waals surface area contributed by atoms with Crippen LogP contribution >= 0.6 is 0 Å². The highest BCUT2D eigenvalue weighted by atomic mass is 16.7. The van der Waals surface area contributed by atoms with Crippen molar-refractivity contribution in [3.05, 3.63) is 0 Å². The third-order valence-corrected chi connectivity index (χ3v) is 19.9. The fourth-order valence-corrected chi connectivity index (χ4v) is 11.5. The van der Waals surface area contributed by atoms with Gasteiger partial charge in [-0.2, -0.15) is 0 Å². The Hall–Kier alpha value is -7.42. The molecule has 0 aromatic carbocycles. The molecule has 10 rings (SSSR count). The zero-order valence-corrected chi connectivity index (χ0v) is 58.9. The van der Waals surface area contributed by atoms with Gasteiger partial charge in [0.05, 0.1) is 72.3 Å². The Balaban J connectivity index is 0.000000211. The van der Waals surface area contributed by atoms with E-state index in [1.54, 1.807) is 41.5 Å². The van der Waals surface area contributed by atoms with Crippen LogP contribution in [0.5, 0.6) is 0 Å². The molecule has 0 aromatic rings. The third kappa shape index (κ3) is 21.5. The van der Waals surface area contributed by atoms with Gasteiger partial charge in [0, 0.05) is 49.4 Å². The minimum absolute atomic E-state index is 0.0676. The monoisotopic (exact) mass is 1380 g/mol. The lowest BCUT2D eigenvalue weighted by Crippen LogP contribution is -2.39. The number of fused-ring (bicyclic) bond motifs is 2. The molecule has 6 saturated heterocycles. The first kappa shape index (κ1) is 80.3. The lowest BCUT2D eigenvalue weighted by atomic mass is 9.87. The average molecular weight is 1380 g/mol. The molecule has 0 spiro atoms. The highest BCUT2D eigenvalue weighted by Gasteiger charge is 2.65. The Morgan fingerprint density at radius 1 is 0.392 bits per heavy atom. The van der Waals surface area contributed by atoms with Crippen molar-refractivity contribution in [1.29, 1.82) is 0 Å². The van der Waals surface area contributed by atoms with Crippen molar-refractivity contribution in [1.82, 2.24) is 0 Å². The van der Waals surface area contributed by atoms with Gasteiger partial charge in [0.25, 0.3) is 0 Å². The van der Waals surface area contributed by atoms with Crippen LogP contribution in [0.25, 0.3) is 0 Å². The lowest BCUT2D eigenvalue weighted by Gasteiger charge is -2.29. The van der Waals surface area contributed by atoms with Gasteiger partial charge in [-0.25, -0.2) is 28.8 Å². The van der Waals surface area contributed by atoms with Crippen molar-refractivity contribution in [2.24, 2.45) is 69.5 Å². The van der Waals surface area contributed by atoms with Crippen LogP contribution < -0.4 is 0 Å². The third-order valence-electron chi connectivity index (χ3n) is 19.9. The van der Waals surface area contributed by atoms with Gasteiger partial charge >= 0.3 is 83.6 Å². The van der Waals surface area contributed by atoms with Crippen molar-refractivity contribution >= 4 is 83.6 Å². The number of esters is 14. The second-order valence-corrected chi connectivity index (χ2v) is 28.0. The van der Waals surface area contributed by atoms with Crippen LogP contribution in [0.4, 0.5) is 0 Å². The fourth-order valence-electron chi connectivity index (χ4n) is 11.5. The maximum Gasteiger partial charge on any atom is 0.347 e. The first-order chi connectivity index (χ1) is 45.6. The van der Waals surface area contributed by atoms with Gasteiger partial charge in [-0.3, -0.25) is 38.4 Å². The van der Waals surface area contributed by atoms with Crippen LogP contribution in [-0.4, -0.2) is 172 Å². The summed E-state index contributed by atoms with van der Waals surface area (Å²) in [6.45, 7) is 27.9. The van der Waals surface area contributed by atoms with Crippen molar-refractivity contribution < 1.29 is 133 Å².